The molecule has 0 saturated carbocycles. The van der Waals surface area contributed by atoms with Crippen molar-refractivity contribution in [3.8, 4) is 0 Å². The highest BCUT2D eigenvalue weighted by molar-refractivity contribution is 5.98. The van der Waals surface area contributed by atoms with Gasteiger partial charge < -0.3 is 15.0 Å². The first kappa shape index (κ1) is 24.6. The standard InChI is InChI=1S/C24H35F2N3O3/c1-15(2)22(27-23(30)21-19(25)6-5-7-20(21)26)24(31)29-10-8-18(9-11-29)14-28-12-16(3)32-17(4)13-28/h5-7,15-18,22H,8-14H2,1-4H3,(H,27,30)/t16?,17?,22-/m0/s1. The average Bonchev–Trinajstić information content (AvgIpc) is 2.71. The van der Waals surface area contributed by atoms with Crippen molar-refractivity contribution in [2.45, 2.75) is 58.8 Å². The third kappa shape index (κ3) is 6.04. The van der Waals surface area contributed by atoms with E-state index >= 15 is 0 Å². The number of likely N-dealkylation sites (tertiary alicyclic amines) is 1. The maximum Gasteiger partial charge on any atom is 0.257 e. The number of hydrogen-bond acceptors (Lipinski definition) is 4. The largest absolute Gasteiger partial charge is 0.373 e. The Bertz CT molecular complexity index is 781. The third-order valence-corrected chi connectivity index (χ3v) is 6.35. The van der Waals surface area contributed by atoms with Crippen molar-refractivity contribution in [1.82, 2.24) is 15.1 Å². The highest BCUT2D eigenvalue weighted by Crippen LogP contribution is 2.22. The number of ether oxygens (including phenoxy) is 1. The van der Waals surface area contributed by atoms with E-state index in [0.29, 0.717) is 19.0 Å². The molecule has 2 heterocycles. The summed E-state index contributed by atoms with van der Waals surface area (Å²) in [6.45, 7) is 11.9. The summed E-state index contributed by atoms with van der Waals surface area (Å²) >= 11 is 0. The Balaban J connectivity index is 1.56. The van der Waals surface area contributed by atoms with Crippen molar-refractivity contribution in [1.29, 1.82) is 0 Å². The van der Waals surface area contributed by atoms with Gasteiger partial charge in [0.05, 0.1) is 12.2 Å². The van der Waals surface area contributed by atoms with Crippen molar-refractivity contribution in [3.05, 3.63) is 35.4 Å². The minimum Gasteiger partial charge on any atom is -0.373 e. The van der Waals surface area contributed by atoms with E-state index in [1.165, 1.54) is 6.07 Å². The molecule has 3 atom stereocenters. The summed E-state index contributed by atoms with van der Waals surface area (Å²) in [6.07, 6.45) is 2.25. The van der Waals surface area contributed by atoms with Gasteiger partial charge in [-0.3, -0.25) is 14.5 Å². The molecule has 1 aromatic carbocycles. The molecular formula is C24H35F2N3O3. The maximum absolute atomic E-state index is 14.0. The van der Waals surface area contributed by atoms with Crippen molar-refractivity contribution in [3.63, 3.8) is 0 Å². The molecule has 1 N–H and O–H groups in total. The molecule has 0 bridgehead atoms. The number of nitrogens with zero attached hydrogens (tertiary/aromatic N) is 2. The topological polar surface area (TPSA) is 61.9 Å². The lowest BCUT2D eigenvalue weighted by molar-refractivity contribution is -0.136. The fourth-order valence-corrected chi connectivity index (χ4v) is 4.77. The molecular weight excluding hydrogens is 416 g/mol. The van der Waals surface area contributed by atoms with E-state index in [1.54, 1.807) is 4.90 Å². The second kappa shape index (κ2) is 10.7. The van der Waals surface area contributed by atoms with Gasteiger partial charge in [0.1, 0.15) is 23.2 Å². The third-order valence-electron chi connectivity index (χ3n) is 6.35. The van der Waals surface area contributed by atoms with Crippen LogP contribution in [0.5, 0.6) is 0 Å². The number of carbonyl (C=O) groups is 2. The van der Waals surface area contributed by atoms with Crippen LogP contribution < -0.4 is 5.32 Å². The van der Waals surface area contributed by atoms with Crippen LogP contribution in [0.2, 0.25) is 0 Å². The van der Waals surface area contributed by atoms with Gasteiger partial charge in [0.15, 0.2) is 0 Å². The van der Waals surface area contributed by atoms with E-state index in [-0.39, 0.29) is 24.0 Å². The molecule has 178 valence electrons. The van der Waals surface area contributed by atoms with Crippen molar-refractivity contribution < 1.29 is 23.1 Å². The molecule has 2 saturated heterocycles. The number of benzene rings is 1. The average molecular weight is 452 g/mol. The number of halogens is 2. The first-order valence-corrected chi connectivity index (χ1v) is 11.6. The lowest BCUT2D eigenvalue weighted by Gasteiger charge is -2.40. The predicted octanol–water partition coefficient (Wildman–Crippen LogP) is 3.07. The fourth-order valence-electron chi connectivity index (χ4n) is 4.77. The summed E-state index contributed by atoms with van der Waals surface area (Å²) < 4.78 is 33.8. The molecule has 0 aromatic heterocycles. The van der Waals surface area contributed by atoms with Gasteiger partial charge in [-0.25, -0.2) is 8.78 Å². The normalized spacial score (nSPS) is 23.9. The van der Waals surface area contributed by atoms with Crippen LogP contribution in [0.4, 0.5) is 8.78 Å². The number of carbonyl (C=O) groups excluding carboxylic acids is 2. The van der Waals surface area contributed by atoms with Gasteiger partial charge in [-0.2, -0.15) is 0 Å². The number of amides is 2. The lowest BCUT2D eigenvalue weighted by Crippen LogP contribution is -2.54. The van der Waals surface area contributed by atoms with E-state index in [4.69, 9.17) is 4.74 Å². The van der Waals surface area contributed by atoms with Gasteiger partial charge in [0.2, 0.25) is 5.91 Å². The Morgan fingerprint density at radius 2 is 1.66 bits per heavy atom. The highest BCUT2D eigenvalue weighted by atomic mass is 19.1. The van der Waals surface area contributed by atoms with E-state index in [2.05, 4.69) is 24.1 Å². The van der Waals surface area contributed by atoms with Crippen molar-refractivity contribution in [2.24, 2.45) is 11.8 Å². The van der Waals surface area contributed by atoms with Gasteiger partial charge >= 0.3 is 0 Å². The molecule has 32 heavy (non-hydrogen) atoms. The summed E-state index contributed by atoms with van der Waals surface area (Å²) in [6, 6.07) is 2.43. The quantitative estimate of drug-likeness (QED) is 0.722. The number of rotatable bonds is 6. The van der Waals surface area contributed by atoms with E-state index in [9.17, 15) is 18.4 Å². The number of morpholine rings is 1. The van der Waals surface area contributed by atoms with E-state index in [1.807, 2.05) is 13.8 Å². The van der Waals surface area contributed by atoms with Crippen LogP contribution in [0.25, 0.3) is 0 Å². The van der Waals surface area contributed by atoms with Gasteiger partial charge in [-0.05, 0) is 50.7 Å². The minimum absolute atomic E-state index is 0.197. The first-order chi connectivity index (χ1) is 15.2. The zero-order valence-corrected chi connectivity index (χ0v) is 19.4. The molecule has 2 unspecified atom stereocenters. The van der Waals surface area contributed by atoms with Crippen LogP contribution in [0, 0.1) is 23.5 Å². The van der Waals surface area contributed by atoms with Crippen LogP contribution in [0.3, 0.4) is 0 Å². The number of piperidine rings is 1. The molecule has 6 nitrogen and oxygen atoms in total. The Morgan fingerprint density at radius 1 is 1.09 bits per heavy atom. The second-order valence-electron chi connectivity index (χ2n) is 9.54. The molecule has 2 aliphatic rings. The van der Waals surface area contributed by atoms with Crippen molar-refractivity contribution >= 4 is 11.8 Å². The van der Waals surface area contributed by atoms with Crippen LogP contribution in [0.1, 0.15) is 50.9 Å². The Labute approximate surface area is 189 Å². The van der Waals surface area contributed by atoms with Crippen LogP contribution in [0.15, 0.2) is 18.2 Å². The summed E-state index contributed by atoms with van der Waals surface area (Å²) in [5, 5.41) is 2.57. The molecule has 2 aliphatic heterocycles. The molecule has 0 radical (unpaired) electrons. The van der Waals surface area contributed by atoms with E-state index in [0.717, 1.165) is 44.6 Å². The summed E-state index contributed by atoms with van der Waals surface area (Å²) in [5.74, 6) is -2.68. The van der Waals surface area contributed by atoms with E-state index < -0.39 is 29.1 Å². The monoisotopic (exact) mass is 451 g/mol. The van der Waals surface area contributed by atoms with Gasteiger partial charge in [-0.15, -0.1) is 0 Å². The first-order valence-electron chi connectivity index (χ1n) is 11.6. The summed E-state index contributed by atoms with van der Waals surface area (Å²) in [7, 11) is 0. The maximum atomic E-state index is 14.0. The molecule has 0 aliphatic carbocycles. The predicted molar refractivity (Wildman–Crippen MR) is 118 cm³/mol. The Kier molecular flexibility index (Phi) is 8.22. The van der Waals surface area contributed by atoms with Gasteiger partial charge in [-0.1, -0.05) is 19.9 Å². The van der Waals surface area contributed by atoms with Crippen molar-refractivity contribution in [2.75, 3.05) is 32.7 Å². The highest BCUT2D eigenvalue weighted by Gasteiger charge is 2.33. The number of hydrogen-bond donors (Lipinski definition) is 1. The van der Waals surface area contributed by atoms with Gasteiger partial charge in [0, 0.05) is 32.7 Å². The smallest absolute Gasteiger partial charge is 0.257 e. The molecule has 2 amide bonds. The Hall–Kier alpha value is -2.06. The van der Waals surface area contributed by atoms with Crippen LogP contribution in [-0.4, -0.2) is 72.6 Å². The molecule has 0 spiro atoms. The minimum atomic E-state index is -0.940. The summed E-state index contributed by atoms with van der Waals surface area (Å²) in [5.41, 5.74) is -0.654. The lowest BCUT2D eigenvalue weighted by atomic mass is 9.94. The molecule has 1 aromatic rings. The van der Waals surface area contributed by atoms with Gasteiger partial charge in [0.25, 0.3) is 5.91 Å². The molecule has 3 rings (SSSR count). The van der Waals surface area contributed by atoms with Crippen LogP contribution >= 0.6 is 0 Å². The second-order valence-corrected chi connectivity index (χ2v) is 9.54. The zero-order valence-electron chi connectivity index (χ0n) is 19.4. The summed E-state index contributed by atoms with van der Waals surface area (Å²) in [4.78, 5) is 29.9. The Morgan fingerprint density at radius 3 is 2.19 bits per heavy atom. The SMILES string of the molecule is CC1CN(CC2CCN(C(=O)[C@@H](NC(=O)c3c(F)cccc3F)C(C)C)CC2)CC(C)O1. The van der Waals surface area contributed by atoms with Crippen LogP contribution in [-0.2, 0) is 9.53 Å². The fraction of sp³-hybridized carbons (Fsp3) is 0.667. The number of nitrogens with one attached hydrogen (secondary N) is 1. The zero-order chi connectivity index (χ0) is 23.4. The molecule has 8 heteroatoms. The molecule has 2 fully saturated rings.